The Labute approximate surface area is 94.9 Å². The highest BCUT2D eigenvalue weighted by Gasteiger charge is 2.40. The second-order valence-electron chi connectivity index (χ2n) is 4.56. The first-order chi connectivity index (χ1) is 7.65. The van der Waals surface area contributed by atoms with Gasteiger partial charge in [-0.25, -0.2) is 8.78 Å². The summed E-state index contributed by atoms with van der Waals surface area (Å²) in [5.41, 5.74) is 0.469. The van der Waals surface area contributed by atoms with Gasteiger partial charge in [0.2, 0.25) is 0 Å². The van der Waals surface area contributed by atoms with Crippen LogP contribution in [-0.2, 0) is 0 Å². The topological polar surface area (TPSA) is 12.0 Å². The van der Waals surface area contributed by atoms with E-state index >= 15 is 0 Å². The van der Waals surface area contributed by atoms with Gasteiger partial charge in [-0.05, 0) is 30.9 Å². The minimum absolute atomic E-state index is 0.0456. The van der Waals surface area contributed by atoms with E-state index in [2.05, 4.69) is 12.2 Å². The molecule has 0 spiro atoms. The highest BCUT2D eigenvalue weighted by Crippen LogP contribution is 2.47. The van der Waals surface area contributed by atoms with Crippen LogP contribution in [0.5, 0.6) is 0 Å². The lowest BCUT2D eigenvalue weighted by Crippen LogP contribution is -2.24. The van der Waals surface area contributed by atoms with Gasteiger partial charge in [0.25, 0.3) is 0 Å². The number of rotatable bonds is 4. The minimum Gasteiger partial charge on any atom is -0.310 e. The van der Waals surface area contributed by atoms with Crippen LogP contribution in [0.15, 0.2) is 18.2 Å². The van der Waals surface area contributed by atoms with Crippen LogP contribution in [0.4, 0.5) is 8.78 Å². The maximum atomic E-state index is 13.7. The van der Waals surface area contributed by atoms with Gasteiger partial charge in [-0.3, -0.25) is 0 Å². The summed E-state index contributed by atoms with van der Waals surface area (Å²) in [6.07, 6.45) is 1.09. The van der Waals surface area contributed by atoms with Crippen molar-refractivity contribution in [2.75, 3.05) is 6.54 Å². The van der Waals surface area contributed by atoms with Crippen LogP contribution in [-0.4, -0.2) is 6.54 Å². The molecule has 0 aliphatic heterocycles. The van der Waals surface area contributed by atoms with Gasteiger partial charge in [-0.1, -0.05) is 26.0 Å². The first kappa shape index (κ1) is 11.5. The molecule has 1 aliphatic rings. The molecular formula is C13H17F2N. The molecule has 3 heteroatoms. The van der Waals surface area contributed by atoms with Crippen molar-refractivity contribution in [3.63, 3.8) is 0 Å². The molecule has 1 saturated carbocycles. The van der Waals surface area contributed by atoms with Gasteiger partial charge < -0.3 is 5.32 Å². The van der Waals surface area contributed by atoms with Gasteiger partial charge in [0, 0.05) is 11.6 Å². The second-order valence-corrected chi connectivity index (χ2v) is 4.56. The van der Waals surface area contributed by atoms with E-state index in [9.17, 15) is 8.78 Å². The fourth-order valence-corrected chi connectivity index (χ4v) is 2.29. The first-order valence-electron chi connectivity index (χ1n) is 5.82. The number of nitrogens with one attached hydrogen (secondary N) is 1. The Bertz CT molecular complexity index is 378. The third-order valence-electron chi connectivity index (χ3n) is 3.34. The molecule has 3 unspecified atom stereocenters. The minimum atomic E-state index is -0.756. The molecule has 2 rings (SSSR count). The van der Waals surface area contributed by atoms with Crippen LogP contribution in [0.2, 0.25) is 0 Å². The summed E-state index contributed by atoms with van der Waals surface area (Å²) in [6.45, 7) is 4.90. The molecule has 1 N–H and O–H groups in total. The quantitative estimate of drug-likeness (QED) is 0.829. The standard InChI is InChI=1S/C13H17F2N/c1-3-16-13(10-7-8(10)2)9-5-4-6-11(14)12(9)15/h4-6,8,10,13,16H,3,7H2,1-2H3. The van der Waals surface area contributed by atoms with Crippen molar-refractivity contribution in [1.82, 2.24) is 5.32 Å². The average molecular weight is 225 g/mol. The van der Waals surface area contributed by atoms with Gasteiger partial charge in [0.05, 0.1) is 0 Å². The van der Waals surface area contributed by atoms with Gasteiger partial charge in [-0.15, -0.1) is 0 Å². The van der Waals surface area contributed by atoms with E-state index in [0.29, 0.717) is 17.4 Å². The Hall–Kier alpha value is -0.960. The number of hydrogen-bond acceptors (Lipinski definition) is 1. The lowest BCUT2D eigenvalue weighted by atomic mass is 10.0. The normalized spacial score (nSPS) is 25.5. The van der Waals surface area contributed by atoms with Crippen LogP contribution < -0.4 is 5.32 Å². The molecule has 16 heavy (non-hydrogen) atoms. The maximum absolute atomic E-state index is 13.7. The van der Waals surface area contributed by atoms with Crippen LogP contribution in [0.25, 0.3) is 0 Å². The molecule has 1 fully saturated rings. The van der Waals surface area contributed by atoms with E-state index in [0.717, 1.165) is 19.0 Å². The van der Waals surface area contributed by atoms with E-state index in [1.165, 1.54) is 0 Å². The molecule has 0 radical (unpaired) electrons. The van der Waals surface area contributed by atoms with Crippen molar-refractivity contribution in [3.8, 4) is 0 Å². The third-order valence-corrected chi connectivity index (χ3v) is 3.34. The maximum Gasteiger partial charge on any atom is 0.163 e. The average Bonchev–Trinajstić information content (AvgIpc) is 2.97. The summed E-state index contributed by atoms with van der Waals surface area (Å²) in [6, 6.07) is 4.37. The smallest absolute Gasteiger partial charge is 0.163 e. The SMILES string of the molecule is CCNC(c1cccc(F)c1F)C1CC1C. The third kappa shape index (κ3) is 2.09. The summed E-state index contributed by atoms with van der Waals surface area (Å²) < 4.78 is 26.8. The Morgan fingerprint density at radius 1 is 1.44 bits per heavy atom. The molecule has 1 aromatic rings. The molecule has 0 saturated heterocycles. The Morgan fingerprint density at radius 2 is 2.12 bits per heavy atom. The number of hydrogen-bond donors (Lipinski definition) is 1. The van der Waals surface area contributed by atoms with Gasteiger partial charge in [-0.2, -0.15) is 0 Å². The van der Waals surface area contributed by atoms with Crippen LogP contribution in [0.1, 0.15) is 31.9 Å². The van der Waals surface area contributed by atoms with Crippen molar-refractivity contribution in [3.05, 3.63) is 35.4 Å². The van der Waals surface area contributed by atoms with Crippen LogP contribution >= 0.6 is 0 Å². The Kier molecular flexibility index (Phi) is 3.24. The second kappa shape index (κ2) is 4.50. The van der Waals surface area contributed by atoms with Crippen LogP contribution in [0.3, 0.4) is 0 Å². The monoisotopic (exact) mass is 225 g/mol. The zero-order valence-corrected chi connectivity index (χ0v) is 9.63. The molecule has 1 aliphatic carbocycles. The summed E-state index contributed by atoms with van der Waals surface area (Å²) >= 11 is 0. The van der Waals surface area contributed by atoms with E-state index in [-0.39, 0.29) is 6.04 Å². The number of halogens is 2. The Morgan fingerprint density at radius 3 is 2.69 bits per heavy atom. The summed E-state index contributed by atoms with van der Waals surface area (Å²) in [4.78, 5) is 0. The molecule has 0 aromatic heterocycles. The van der Waals surface area contributed by atoms with Crippen molar-refractivity contribution < 1.29 is 8.78 Å². The zero-order valence-electron chi connectivity index (χ0n) is 9.63. The van der Waals surface area contributed by atoms with Gasteiger partial charge >= 0.3 is 0 Å². The van der Waals surface area contributed by atoms with Crippen molar-refractivity contribution in [2.24, 2.45) is 11.8 Å². The fourth-order valence-electron chi connectivity index (χ4n) is 2.29. The zero-order chi connectivity index (χ0) is 11.7. The van der Waals surface area contributed by atoms with Gasteiger partial charge in [0.15, 0.2) is 11.6 Å². The Balaban J connectivity index is 2.28. The molecule has 0 heterocycles. The summed E-state index contributed by atoms with van der Waals surface area (Å²) in [7, 11) is 0. The fraction of sp³-hybridized carbons (Fsp3) is 0.538. The molecule has 0 bridgehead atoms. The predicted octanol–water partition coefficient (Wildman–Crippen LogP) is 3.27. The largest absolute Gasteiger partial charge is 0.310 e. The van der Waals surface area contributed by atoms with E-state index < -0.39 is 11.6 Å². The highest BCUT2D eigenvalue weighted by molar-refractivity contribution is 5.24. The van der Waals surface area contributed by atoms with E-state index in [1.54, 1.807) is 12.1 Å². The molecule has 0 amide bonds. The first-order valence-corrected chi connectivity index (χ1v) is 5.82. The lowest BCUT2D eigenvalue weighted by Gasteiger charge is -2.19. The van der Waals surface area contributed by atoms with E-state index in [4.69, 9.17) is 0 Å². The van der Waals surface area contributed by atoms with Crippen molar-refractivity contribution in [2.45, 2.75) is 26.3 Å². The highest BCUT2D eigenvalue weighted by atomic mass is 19.2. The molecule has 3 atom stereocenters. The molecule has 88 valence electrons. The number of benzene rings is 1. The van der Waals surface area contributed by atoms with E-state index in [1.807, 2.05) is 6.92 Å². The summed E-state index contributed by atoms with van der Waals surface area (Å²) in [5, 5.41) is 3.25. The predicted molar refractivity (Wildman–Crippen MR) is 60.0 cm³/mol. The molecule has 1 nitrogen and oxygen atoms in total. The van der Waals surface area contributed by atoms with Gasteiger partial charge in [0.1, 0.15) is 0 Å². The molecular weight excluding hydrogens is 208 g/mol. The summed E-state index contributed by atoms with van der Waals surface area (Å²) in [5.74, 6) is -0.413. The van der Waals surface area contributed by atoms with Crippen LogP contribution in [0, 0.1) is 23.5 Å². The lowest BCUT2D eigenvalue weighted by molar-refractivity contribution is 0.431. The van der Waals surface area contributed by atoms with Crippen molar-refractivity contribution in [1.29, 1.82) is 0 Å². The molecule has 1 aromatic carbocycles. The van der Waals surface area contributed by atoms with Crippen molar-refractivity contribution >= 4 is 0 Å².